The van der Waals surface area contributed by atoms with E-state index in [1.54, 1.807) is 14.0 Å². The summed E-state index contributed by atoms with van der Waals surface area (Å²) in [6.45, 7) is 3.79. The fourth-order valence-corrected chi connectivity index (χ4v) is 2.89. The average molecular weight is 282 g/mol. The lowest BCUT2D eigenvalue weighted by molar-refractivity contribution is -0.384. The number of anilines is 1. The van der Waals surface area contributed by atoms with Gasteiger partial charge in [-0.05, 0) is 38.5 Å². The molecule has 1 aromatic heterocycles. The lowest BCUT2D eigenvalue weighted by atomic mass is 9.77. The third-order valence-corrected chi connectivity index (χ3v) is 4.29. The van der Waals surface area contributed by atoms with Crippen molar-refractivity contribution in [2.45, 2.75) is 45.1 Å². The first-order valence-electron chi connectivity index (χ1n) is 6.95. The Bertz CT molecular complexity index is 504. The van der Waals surface area contributed by atoms with Crippen LogP contribution in [0.1, 0.15) is 38.3 Å². The Morgan fingerprint density at radius 1 is 1.55 bits per heavy atom. The number of aliphatic hydroxyl groups excluding tert-OH is 1. The highest BCUT2D eigenvalue weighted by Gasteiger charge is 2.37. The molecule has 1 fully saturated rings. The van der Waals surface area contributed by atoms with Gasteiger partial charge in [-0.25, -0.2) is 4.68 Å². The molecule has 1 heterocycles. The molecule has 1 aliphatic rings. The van der Waals surface area contributed by atoms with Gasteiger partial charge in [0.2, 0.25) is 5.82 Å². The van der Waals surface area contributed by atoms with Crippen molar-refractivity contribution in [2.24, 2.45) is 13.0 Å². The molecule has 2 rings (SSSR count). The molecule has 0 aromatic carbocycles. The van der Waals surface area contributed by atoms with Gasteiger partial charge in [0.1, 0.15) is 5.69 Å². The molecule has 1 aliphatic carbocycles. The Balaban J connectivity index is 2.30. The fraction of sp³-hybridized carbons (Fsp3) is 0.769. The molecule has 1 aromatic rings. The minimum Gasteiger partial charge on any atom is -0.394 e. The summed E-state index contributed by atoms with van der Waals surface area (Å²) >= 11 is 0. The second-order valence-electron chi connectivity index (χ2n) is 5.91. The van der Waals surface area contributed by atoms with Crippen molar-refractivity contribution in [3.05, 3.63) is 15.8 Å². The van der Waals surface area contributed by atoms with Crippen LogP contribution in [0.3, 0.4) is 0 Å². The summed E-state index contributed by atoms with van der Waals surface area (Å²) in [6, 6.07) is 0. The third kappa shape index (κ3) is 2.63. The Morgan fingerprint density at radius 2 is 2.15 bits per heavy atom. The van der Waals surface area contributed by atoms with Crippen molar-refractivity contribution < 1.29 is 10.0 Å². The summed E-state index contributed by atoms with van der Waals surface area (Å²) in [5.74, 6) is 1.02. The number of aromatic nitrogens is 2. The van der Waals surface area contributed by atoms with Crippen LogP contribution in [0.5, 0.6) is 0 Å². The lowest BCUT2D eigenvalue weighted by Crippen LogP contribution is -2.45. The molecule has 0 spiro atoms. The van der Waals surface area contributed by atoms with Gasteiger partial charge in [0, 0.05) is 7.05 Å². The molecule has 1 saturated carbocycles. The molecule has 2 N–H and O–H groups in total. The smallest absolute Gasteiger partial charge is 0.333 e. The molecule has 112 valence electrons. The van der Waals surface area contributed by atoms with E-state index in [1.165, 1.54) is 4.68 Å². The summed E-state index contributed by atoms with van der Waals surface area (Å²) in [4.78, 5) is 10.8. The number of nitrogens with one attached hydrogen (secondary N) is 1. The van der Waals surface area contributed by atoms with Gasteiger partial charge < -0.3 is 10.4 Å². The van der Waals surface area contributed by atoms with Crippen LogP contribution in [-0.4, -0.2) is 32.0 Å². The van der Waals surface area contributed by atoms with Gasteiger partial charge >= 0.3 is 5.69 Å². The van der Waals surface area contributed by atoms with Crippen LogP contribution in [0.2, 0.25) is 0 Å². The van der Waals surface area contributed by atoms with E-state index in [4.69, 9.17) is 0 Å². The highest BCUT2D eigenvalue weighted by molar-refractivity contribution is 5.60. The van der Waals surface area contributed by atoms with E-state index in [9.17, 15) is 15.2 Å². The summed E-state index contributed by atoms with van der Waals surface area (Å²) in [5.41, 5.74) is -0.0893. The van der Waals surface area contributed by atoms with Gasteiger partial charge in [-0.3, -0.25) is 10.1 Å². The van der Waals surface area contributed by atoms with Crippen LogP contribution < -0.4 is 5.32 Å². The Hall–Kier alpha value is -1.63. The number of aryl methyl sites for hydroxylation is 2. The largest absolute Gasteiger partial charge is 0.394 e. The number of hydrogen-bond donors (Lipinski definition) is 2. The number of aliphatic hydroxyl groups is 1. The monoisotopic (exact) mass is 282 g/mol. The Labute approximate surface area is 118 Å². The number of rotatable bonds is 4. The van der Waals surface area contributed by atoms with Crippen molar-refractivity contribution in [1.82, 2.24) is 9.78 Å². The molecule has 0 unspecified atom stereocenters. The van der Waals surface area contributed by atoms with Crippen molar-refractivity contribution in [1.29, 1.82) is 0 Å². The quantitative estimate of drug-likeness (QED) is 0.650. The summed E-state index contributed by atoms with van der Waals surface area (Å²) in [5, 5.41) is 28.3. The molecule has 0 atom stereocenters. The normalized spacial score (nSPS) is 26.5. The molecule has 7 nitrogen and oxygen atoms in total. The predicted octanol–water partition coefficient (Wildman–Crippen LogP) is 1.99. The second kappa shape index (κ2) is 5.40. The van der Waals surface area contributed by atoms with Gasteiger partial charge in [-0.1, -0.05) is 6.92 Å². The molecule has 0 bridgehead atoms. The van der Waals surface area contributed by atoms with E-state index < -0.39 is 10.5 Å². The minimum absolute atomic E-state index is 0.000975. The number of hydrogen-bond acceptors (Lipinski definition) is 5. The van der Waals surface area contributed by atoms with Crippen molar-refractivity contribution in [3.63, 3.8) is 0 Å². The summed E-state index contributed by atoms with van der Waals surface area (Å²) in [7, 11) is 1.68. The van der Waals surface area contributed by atoms with E-state index in [2.05, 4.69) is 17.3 Å². The number of nitro groups is 1. The molecule has 0 saturated heterocycles. The zero-order valence-corrected chi connectivity index (χ0v) is 12.2. The van der Waals surface area contributed by atoms with Crippen LogP contribution in [0.25, 0.3) is 0 Å². The zero-order chi connectivity index (χ0) is 14.9. The van der Waals surface area contributed by atoms with Gasteiger partial charge in [0.25, 0.3) is 0 Å². The van der Waals surface area contributed by atoms with Gasteiger partial charge in [0.15, 0.2) is 0 Å². The second-order valence-corrected chi connectivity index (χ2v) is 5.91. The van der Waals surface area contributed by atoms with Crippen LogP contribution in [0.4, 0.5) is 11.5 Å². The first kappa shape index (κ1) is 14.8. The van der Waals surface area contributed by atoms with Crippen LogP contribution in [0, 0.1) is 23.0 Å². The molecule has 7 heteroatoms. The van der Waals surface area contributed by atoms with Crippen molar-refractivity contribution in [3.8, 4) is 0 Å². The van der Waals surface area contributed by atoms with Gasteiger partial charge in [-0.15, -0.1) is 0 Å². The summed E-state index contributed by atoms with van der Waals surface area (Å²) in [6.07, 6.45) is 3.65. The Morgan fingerprint density at radius 3 is 2.65 bits per heavy atom. The maximum absolute atomic E-state index is 11.2. The van der Waals surface area contributed by atoms with E-state index in [0.29, 0.717) is 17.4 Å². The van der Waals surface area contributed by atoms with E-state index in [0.717, 1.165) is 25.7 Å². The maximum Gasteiger partial charge on any atom is 0.333 e. The molecule has 0 radical (unpaired) electrons. The van der Waals surface area contributed by atoms with E-state index in [1.807, 2.05) is 0 Å². The maximum atomic E-state index is 11.2. The fourth-order valence-electron chi connectivity index (χ4n) is 2.89. The molecule has 0 amide bonds. The van der Waals surface area contributed by atoms with Gasteiger partial charge in [0.05, 0.1) is 17.1 Å². The molecule has 20 heavy (non-hydrogen) atoms. The zero-order valence-electron chi connectivity index (χ0n) is 12.2. The molecular formula is C13H22N4O3. The highest BCUT2D eigenvalue weighted by Crippen LogP contribution is 2.37. The SMILES string of the molecule is Cc1nn(C)c(NC2(CO)CCC(C)CC2)c1[N+](=O)[O-]. The number of nitrogens with zero attached hydrogens (tertiary/aromatic N) is 3. The summed E-state index contributed by atoms with van der Waals surface area (Å²) < 4.78 is 1.49. The van der Waals surface area contributed by atoms with Gasteiger partial charge in [-0.2, -0.15) is 5.10 Å². The van der Waals surface area contributed by atoms with Crippen LogP contribution in [0.15, 0.2) is 0 Å². The minimum atomic E-state index is -0.475. The highest BCUT2D eigenvalue weighted by atomic mass is 16.6. The van der Waals surface area contributed by atoms with Crippen LogP contribution >= 0.6 is 0 Å². The standard InChI is InChI=1S/C13H22N4O3/c1-9-4-6-13(8-18,7-5-9)14-12-11(17(19)20)10(2)15-16(12)3/h9,14,18H,4-8H2,1-3H3. The molecular weight excluding hydrogens is 260 g/mol. The lowest BCUT2D eigenvalue weighted by Gasteiger charge is -2.39. The molecule has 0 aliphatic heterocycles. The van der Waals surface area contributed by atoms with Crippen LogP contribution in [-0.2, 0) is 7.05 Å². The van der Waals surface area contributed by atoms with E-state index in [-0.39, 0.29) is 12.3 Å². The van der Waals surface area contributed by atoms with E-state index >= 15 is 0 Å². The average Bonchev–Trinajstić information content (AvgIpc) is 2.67. The Kier molecular flexibility index (Phi) is 3.99. The topological polar surface area (TPSA) is 93.2 Å². The third-order valence-electron chi connectivity index (χ3n) is 4.29. The van der Waals surface area contributed by atoms with Crippen molar-refractivity contribution >= 4 is 11.5 Å². The predicted molar refractivity (Wildman–Crippen MR) is 75.7 cm³/mol. The first-order valence-corrected chi connectivity index (χ1v) is 6.95. The first-order chi connectivity index (χ1) is 9.38. The van der Waals surface area contributed by atoms with Crippen molar-refractivity contribution in [2.75, 3.05) is 11.9 Å².